The Morgan fingerprint density at radius 1 is 1.26 bits per heavy atom. The molecule has 0 aliphatic carbocycles. The third kappa shape index (κ3) is 4.56. The maximum Gasteiger partial charge on any atom is 0.216 e. The van der Waals surface area contributed by atoms with Crippen molar-refractivity contribution < 1.29 is 9.47 Å². The molecule has 0 radical (unpaired) electrons. The Labute approximate surface area is 167 Å². The third-order valence-corrected chi connectivity index (χ3v) is 4.85. The summed E-state index contributed by atoms with van der Waals surface area (Å²) in [6.07, 6.45) is 3.21. The predicted molar refractivity (Wildman–Crippen MR) is 109 cm³/mol. The van der Waals surface area contributed by atoms with Crippen LogP contribution in [0.4, 0.5) is 0 Å². The molecule has 0 unspecified atom stereocenters. The van der Waals surface area contributed by atoms with Gasteiger partial charge in [-0.25, -0.2) is 0 Å². The largest absolute Gasteiger partial charge is 0.496 e. The first-order valence-electron chi connectivity index (χ1n) is 8.21. The van der Waals surface area contributed by atoms with Crippen molar-refractivity contribution in [1.82, 2.24) is 14.9 Å². The van der Waals surface area contributed by atoms with E-state index in [0.717, 1.165) is 38.8 Å². The molecule has 3 aromatic rings. The summed E-state index contributed by atoms with van der Waals surface area (Å²) in [6.45, 7) is 4.28. The summed E-state index contributed by atoms with van der Waals surface area (Å²) in [4.78, 5) is 0. The lowest BCUT2D eigenvalue weighted by molar-refractivity contribution is 0.296. The smallest absolute Gasteiger partial charge is 0.216 e. The second-order valence-electron chi connectivity index (χ2n) is 5.98. The van der Waals surface area contributed by atoms with E-state index in [1.165, 1.54) is 11.0 Å². The van der Waals surface area contributed by atoms with Gasteiger partial charge in [-0.3, -0.25) is 5.10 Å². The highest BCUT2D eigenvalue weighted by atomic mass is 35.5. The average Bonchev–Trinajstić information content (AvgIpc) is 3.07. The van der Waals surface area contributed by atoms with E-state index in [9.17, 15) is 0 Å². The van der Waals surface area contributed by atoms with E-state index in [1.54, 1.807) is 13.3 Å². The number of aromatic nitrogens is 3. The minimum absolute atomic E-state index is 0.358. The number of nitrogens with one attached hydrogen (secondary N) is 1. The molecular formula is C19H19ClN4O2S. The minimum Gasteiger partial charge on any atom is -0.496 e. The summed E-state index contributed by atoms with van der Waals surface area (Å²) in [7, 11) is 1.63. The number of rotatable bonds is 6. The van der Waals surface area contributed by atoms with Crippen molar-refractivity contribution >= 4 is 30.0 Å². The summed E-state index contributed by atoms with van der Waals surface area (Å²) in [5.41, 5.74) is 3.76. The molecule has 0 saturated carbocycles. The fourth-order valence-electron chi connectivity index (χ4n) is 2.60. The number of ether oxygens (including phenoxy) is 2. The molecule has 140 valence electrons. The van der Waals surface area contributed by atoms with Crippen LogP contribution in [0, 0.1) is 18.6 Å². The summed E-state index contributed by atoms with van der Waals surface area (Å²) < 4.78 is 13.3. The molecule has 27 heavy (non-hydrogen) atoms. The molecule has 0 saturated heterocycles. The first kappa shape index (κ1) is 19.1. The highest BCUT2D eigenvalue weighted by molar-refractivity contribution is 7.71. The zero-order chi connectivity index (χ0) is 19.4. The molecule has 0 spiro atoms. The van der Waals surface area contributed by atoms with E-state index in [1.807, 2.05) is 44.2 Å². The standard InChI is InChI=1S/C19H19ClN4O2S/c1-12-6-16(7-13(2)18(12)20)26-10-15-8-14(4-5-17(15)25-3)9-22-24-11-21-23-19(24)27/h4-9,11H,10H2,1-3H3,(H,23,27)/b22-9+. The van der Waals surface area contributed by atoms with E-state index in [2.05, 4.69) is 15.3 Å². The van der Waals surface area contributed by atoms with Crippen LogP contribution in [-0.4, -0.2) is 28.2 Å². The second-order valence-corrected chi connectivity index (χ2v) is 6.75. The molecule has 1 heterocycles. The molecule has 3 rings (SSSR count). The molecule has 2 aromatic carbocycles. The van der Waals surface area contributed by atoms with Crippen LogP contribution in [0.2, 0.25) is 5.02 Å². The lowest BCUT2D eigenvalue weighted by atomic mass is 10.1. The lowest BCUT2D eigenvalue weighted by Crippen LogP contribution is -2.01. The van der Waals surface area contributed by atoms with Crippen molar-refractivity contribution in [1.29, 1.82) is 0 Å². The van der Waals surface area contributed by atoms with Crippen molar-refractivity contribution in [3.05, 3.63) is 68.7 Å². The lowest BCUT2D eigenvalue weighted by Gasteiger charge is -2.13. The Kier molecular flexibility index (Phi) is 5.93. The van der Waals surface area contributed by atoms with E-state index < -0.39 is 0 Å². The Bertz CT molecular complexity index is 1020. The van der Waals surface area contributed by atoms with Gasteiger partial charge in [0, 0.05) is 10.6 Å². The van der Waals surface area contributed by atoms with Gasteiger partial charge >= 0.3 is 0 Å². The number of aryl methyl sites for hydroxylation is 2. The molecule has 0 bridgehead atoms. The summed E-state index contributed by atoms with van der Waals surface area (Å²) in [5.74, 6) is 1.51. The molecule has 6 nitrogen and oxygen atoms in total. The Hall–Kier alpha value is -2.64. The monoisotopic (exact) mass is 402 g/mol. The van der Waals surface area contributed by atoms with E-state index in [0.29, 0.717) is 11.4 Å². The van der Waals surface area contributed by atoms with E-state index in [-0.39, 0.29) is 0 Å². The quantitative estimate of drug-likeness (QED) is 0.480. The van der Waals surface area contributed by atoms with Crippen LogP contribution in [0.15, 0.2) is 41.8 Å². The predicted octanol–water partition coefficient (Wildman–Crippen LogP) is 4.68. The number of H-pyrrole nitrogens is 1. The van der Waals surface area contributed by atoms with Crippen LogP contribution in [0.5, 0.6) is 11.5 Å². The van der Waals surface area contributed by atoms with Crippen LogP contribution in [0.25, 0.3) is 0 Å². The Morgan fingerprint density at radius 2 is 2.00 bits per heavy atom. The molecule has 0 fully saturated rings. The molecule has 8 heteroatoms. The van der Waals surface area contributed by atoms with Gasteiger partial charge < -0.3 is 9.47 Å². The molecule has 0 aliphatic rings. The van der Waals surface area contributed by atoms with Gasteiger partial charge in [-0.15, -0.1) is 0 Å². The van der Waals surface area contributed by atoms with Crippen LogP contribution in [-0.2, 0) is 6.61 Å². The number of hydrogen-bond acceptors (Lipinski definition) is 5. The zero-order valence-corrected chi connectivity index (χ0v) is 16.8. The number of nitrogens with zero attached hydrogens (tertiary/aromatic N) is 3. The molecule has 0 aliphatic heterocycles. The fourth-order valence-corrected chi connectivity index (χ4v) is 2.85. The van der Waals surface area contributed by atoms with E-state index in [4.69, 9.17) is 33.3 Å². The SMILES string of the molecule is COc1ccc(/C=N/n2cn[nH]c2=S)cc1COc1cc(C)c(Cl)c(C)c1. The van der Waals surface area contributed by atoms with Gasteiger partial charge in [0.05, 0.1) is 13.3 Å². The van der Waals surface area contributed by atoms with Crippen LogP contribution in [0.3, 0.4) is 0 Å². The van der Waals surface area contributed by atoms with Crippen LogP contribution in [0.1, 0.15) is 22.3 Å². The van der Waals surface area contributed by atoms with Crippen LogP contribution >= 0.6 is 23.8 Å². The van der Waals surface area contributed by atoms with Gasteiger partial charge in [0.25, 0.3) is 0 Å². The number of halogens is 1. The van der Waals surface area contributed by atoms with Gasteiger partial charge in [0.2, 0.25) is 4.77 Å². The zero-order valence-electron chi connectivity index (χ0n) is 15.2. The summed E-state index contributed by atoms with van der Waals surface area (Å²) in [5, 5.41) is 11.5. The second kappa shape index (κ2) is 8.37. The van der Waals surface area contributed by atoms with Gasteiger partial charge in [-0.2, -0.15) is 14.9 Å². The van der Waals surface area contributed by atoms with Gasteiger partial charge in [0.1, 0.15) is 24.4 Å². The number of methoxy groups -OCH3 is 1. The van der Waals surface area contributed by atoms with Gasteiger partial charge in [-0.1, -0.05) is 11.6 Å². The van der Waals surface area contributed by atoms with Crippen molar-refractivity contribution in [3.8, 4) is 11.5 Å². The molecule has 1 aromatic heterocycles. The van der Waals surface area contributed by atoms with Crippen LogP contribution < -0.4 is 9.47 Å². The molecule has 1 N–H and O–H groups in total. The Morgan fingerprint density at radius 3 is 2.63 bits per heavy atom. The minimum atomic E-state index is 0.358. The van der Waals surface area contributed by atoms with E-state index >= 15 is 0 Å². The molecule has 0 amide bonds. The maximum absolute atomic E-state index is 6.22. The number of aromatic amines is 1. The van der Waals surface area contributed by atoms with Crippen molar-refractivity contribution in [2.24, 2.45) is 5.10 Å². The molecular weight excluding hydrogens is 384 g/mol. The normalized spacial score (nSPS) is 11.1. The number of benzene rings is 2. The van der Waals surface area contributed by atoms with Gasteiger partial charge in [0.15, 0.2) is 0 Å². The first-order chi connectivity index (χ1) is 13.0. The maximum atomic E-state index is 6.22. The topological polar surface area (TPSA) is 64.4 Å². The number of hydrogen-bond donors (Lipinski definition) is 1. The van der Waals surface area contributed by atoms with Gasteiger partial charge in [-0.05, 0) is 73.1 Å². The summed E-state index contributed by atoms with van der Waals surface area (Å²) >= 11 is 11.3. The van der Waals surface area contributed by atoms with Crippen molar-refractivity contribution in [2.75, 3.05) is 7.11 Å². The fraction of sp³-hybridized carbons (Fsp3) is 0.211. The summed E-state index contributed by atoms with van der Waals surface area (Å²) in [6, 6.07) is 9.60. The highest BCUT2D eigenvalue weighted by Gasteiger charge is 2.08. The Balaban J connectivity index is 1.81. The molecule has 0 atom stereocenters. The van der Waals surface area contributed by atoms with Crippen molar-refractivity contribution in [2.45, 2.75) is 20.5 Å². The van der Waals surface area contributed by atoms with Crippen molar-refractivity contribution in [3.63, 3.8) is 0 Å². The first-order valence-corrected chi connectivity index (χ1v) is 8.99. The third-order valence-electron chi connectivity index (χ3n) is 3.98. The average molecular weight is 403 g/mol. The highest BCUT2D eigenvalue weighted by Crippen LogP contribution is 2.27.